The molecule has 3 rings (SSSR count). The van der Waals surface area contributed by atoms with Crippen molar-refractivity contribution in [3.8, 4) is 5.75 Å². The van der Waals surface area contributed by atoms with Gasteiger partial charge >= 0.3 is 0 Å². The van der Waals surface area contributed by atoms with Crippen LogP contribution in [0.2, 0.25) is 0 Å². The van der Waals surface area contributed by atoms with E-state index in [1.807, 2.05) is 43.3 Å². The Balaban J connectivity index is 1.83. The van der Waals surface area contributed by atoms with Gasteiger partial charge in [-0.2, -0.15) is 0 Å². The van der Waals surface area contributed by atoms with Crippen molar-refractivity contribution >= 4 is 23.2 Å². The van der Waals surface area contributed by atoms with Crippen molar-refractivity contribution in [2.75, 3.05) is 16.8 Å². The van der Waals surface area contributed by atoms with Crippen LogP contribution in [0.15, 0.2) is 54.6 Å². The van der Waals surface area contributed by atoms with E-state index < -0.39 is 6.04 Å². The molecule has 23 heavy (non-hydrogen) atoms. The molecule has 0 spiro atoms. The van der Waals surface area contributed by atoms with E-state index >= 15 is 0 Å². The maximum Gasteiger partial charge on any atom is 0.265 e. The summed E-state index contributed by atoms with van der Waals surface area (Å²) >= 11 is 0. The highest BCUT2D eigenvalue weighted by atomic mass is 16.5. The Kier molecular flexibility index (Phi) is 4.28. The molecule has 5 nitrogen and oxygen atoms in total. The second-order valence-electron chi connectivity index (χ2n) is 5.30. The van der Waals surface area contributed by atoms with Crippen LogP contribution in [-0.2, 0) is 9.59 Å². The minimum Gasteiger partial charge on any atom is -0.484 e. The second kappa shape index (κ2) is 6.52. The zero-order chi connectivity index (χ0) is 16.2. The van der Waals surface area contributed by atoms with Crippen molar-refractivity contribution in [2.24, 2.45) is 0 Å². The van der Waals surface area contributed by atoms with E-state index in [-0.39, 0.29) is 18.4 Å². The fraction of sp³-hybridized carbons (Fsp3) is 0.222. The van der Waals surface area contributed by atoms with Crippen molar-refractivity contribution in [3.05, 3.63) is 54.6 Å². The number of para-hydroxylation sites is 3. The molecule has 0 bridgehead atoms. The van der Waals surface area contributed by atoms with Crippen LogP contribution in [0.25, 0.3) is 0 Å². The smallest absolute Gasteiger partial charge is 0.265 e. The van der Waals surface area contributed by atoms with Crippen LogP contribution in [0.3, 0.4) is 0 Å². The Bertz CT molecular complexity index is 715. The number of hydrogen-bond donors (Lipinski definition) is 1. The lowest BCUT2D eigenvalue weighted by Crippen LogP contribution is -2.52. The van der Waals surface area contributed by atoms with Gasteiger partial charge in [-0.3, -0.25) is 14.5 Å². The topological polar surface area (TPSA) is 58.6 Å². The van der Waals surface area contributed by atoms with Gasteiger partial charge in [0.2, 0.25) is 5.91 Å². The number of hydrogen-bond acceptors (Lipinski definition) is 3. The molecule has 2 amide bonds. The summed E-state index contributed by atoms with van der Waals surface area (Å²) in [7, 11) is 0. The minimum absolute atomic E-state index is 0.109. The number of fused-ring (bicyclic) bond motifs is 1. The average Bonchev–Trinajstić information content (AvgIpc) is 2.59. The molecule has 0 aliphatic carbocycles. The van der Waals surface area contributed by atoms with E-state index in [4.69, 9.17) is 4.74 Å². The first kappa shape index (κ1) is 15.1. The van der Waals surface area contributed by atoms with Gasteiger partial charge in [0.25, 0.3) is 5.91 Å². The van der Waals surface area contributed by atoms with Crippen LogP contribution in [0.1, 0.15) is 13.3 Å². The van der Waals surface area contributed by atoms with E-state index in [0.29, 0.717) is 23.5 Å². The highest BCUT2D eigenvalue weighted by Gasteiger charge is 2.35. The zero-order valence-electron chi connectivity index (χ0n) is 12.9. The van der Waals surface area contributed by atoms with E-state index in [2.05, 4.69) is 5.32 Å². The number of rotatable bonds is 4. The summed E-state index contributed by atoms with van der Waals surface area (Å²) in [5, 5.41) is 2.85. The molecule has 2 aromatic rings. The molecule has 2 aromatic carbocycles. The van der Waals surface area contributed by atoms with Gasteiger partial charge in [0.15, 0.2) is 6.61 Å². The van der Waals surface area contributed by atoms with Gasteiger partial charge in [0.1, 0.15) is 11.8 Å². The van der Waals surface area contributed by atoms with Gasteiger partial charge in [-0.15, -0.1) is 0 Å². The normalized spacial score (nSPS) is 16.5. The maximum atomic E-state index is 12.7. The quantitative estimate of drug-likeness (QED) is 0.944. The third-order valence-corrected chi connectivity index (χ3v) is 3.80. The molecule has 0 aromatic heterocycles. The Morgan fingerprint density at radius 3 is 2.57 bits per heavy atom. The van der Waals surface area contributed by atoms with Crippen molar-refractivity contribution in [1.82, 2.24) is 0 Å². The summed E-state index contributed by atoms with van der Waals surface area (Å²) < 4.78 is 5.54. The standard InChI is InChI=1S/C18H18N2O3/c1-2-15-18(22)19-14-10-6-7-11-16(14)20(15)17(21)12-23-13-8-4-3-5-9-13/h3-11,15H,2,12H2,1H3,(H,19,22)/t15-/m1/s1. The van der Waals surface area contributed by atoms with Crippen molar-refractivity contribution in [2.45, 2.75) is 19.4 Å². The number of carbonyl (C=O) groups excluding carboxylic acids is 2. The largest absolute Gasteiger partial charge is 0.484 e. The Morgan fingerprint density at radius 2 is 1.83 bits per heavy atom. The van der Waals surface area contributed by atoms with Crippen LogP contribution in [0.4, 0.5) is 11.4 Å². The van der Waals surface area contributed by atoms with Crippen LogP contribution in [-0.4, -0.2) is 24.5 Å². The molecule has 0 unspecified atom stereocenters. The maximum absolute atomic E-state index is 12.7. The second-order valence-corrected chi connectivity index (χ2v) is 5.30. The number of carbonyl (C=O) groups is 2. The van der Waals surface area contributed by atoms with E-state index in [0.717, 1.165) is 0 Å². The fourth-order valence-corrected chi connectivity index (χ4v) is 2.70. The first-order valence-corrected chi connectivity index (χ1v) is 7.60. The Morgan fingerprint density at radius 1 is 1.13 bits per heavy atom. The number of nitrogens with one attached hydrogen (secondary N) is 1. The lowest BCUT2D eigenvalue weighted by Gasteiger charge is -2.35. The van der Waals surface area contributed by atoms with Crippen LogP contribution in [0, 0.1) is 0 Å². The molecule has 1 aliphatic rings. The fourth-order valence-electron chi connectivity index (χ4n) is 2.70. The summed E-state index contributed by atoms with van der Waals surface area (Å²) in [6.45, 7) is 1.78. The summed E-state index contributed by atoms with van der Waals surface area (Å²) in [6, 6.07) is 15.9. The first-order valence-electron chi connectivity index (χ1n) is 7.60. The van der Waals surface area contributed by atoms with E-state index in [9.17, 15) is 9.59 Å². The molecule has 0 saturated carbocycles. The van der Waals surface area contributed by atoms with Crippen LogP contribution in [0.5, 0.6) is 5.75 Å². The average molecular weight is 310 g/mol. The van der Waals surface area contributed by atoms with Gasteiger partial charge in [0.05, 0.1) is 11.4 Å². The van der Waals surface area contributed by atoms with E-state index in [1.165, 1.54) is 4.90 Å². The number of nitrogens with zero attached hydrogens (tertiary/aromatic N) is 1. The Hall–Kier alpha value is -2.82. The van der Waals surface area contributed by atoms with Crippen molar-refractivity contribution in [1.29, 1.82) is 0 Å². The van der Waals surface area contributed by atoms with Gasteiger partial charge in [-0.05, 0) is 30.7 Å². The third kappa shape index (κ3) is 3.04. The molecule has 0 radical (unpaired) electrons. The highest BCUT2D eigenvalue weighted by Crippen LogP contribution is 2.32. The van der Waals surface area contributed by atoms with Crippen LogP contribution >= 0.6 is 0 Å². The molecule has 5 heteroatoms. The number of amides is 2. The molecule has 1 heterocycles. The van der Waals surface area contributed by atoms with Gasteiger partial charge in [-0.1, -0.05) is 37.3 Å². The lowest BCUT2D eigenvalue weighted by atomic mass is 10.1. The van der Waals surface area contributed by atoms with Crippen LogP contribution < -0.4 is 15.0 Å². The molecular weight excluding hydrogens is 292 g/mol. The van der Waals surface area contributed by atoms with Crippen molar-refractivity contribution < 1.29 is 14.3 Å². The molecule has 1 N–H and O–H groups in total. The minimum atomic E-state index is -0.517. The Labute approximate surface area is 134 Å². The number of benzene rings is 2. The molecule has 0 fully saturated rings. The molecule has 1 aliphatic heterocycles. The predicted molar refractivity (Wildman–Crippen MR) is 88.6 cm³/mol. The lowest BCUT2D eigenvalue weighted by molar-refractivity contribution is -0.125. The monoisotopic (exact) mass is 310 g/mol. The van der Waals surface area contributed by atoms with Crippen molar-refractivity contribution in [3.63, 3.8) is 0 Å². The van der Waals surface area contributed by atoms with Gasteiger partial charge in [-0.25, -0.2) is 0 Å². The summed E-state index contributed by atoms with van der Waals surface area (Å²) in [4.78, 5) is 26.4. The molecule has 118 valence electrons. The number of ether oxygens (including phenoxy) is 1. The molecule has 0 saturated heterocycles. The van der Waals surface area contributed by atoms with Gasteiger partial charge < -0.3 is 10.1 Å². The molecule has 1 atom stereocenters. The summed E-state index contributed by atoms with van der Waals surface area (Å²) in [6.07, 6.45) is 0.539. The molecular formula is C18H18N2O3. The SMILES string of the molecule is CC[C@@H]1C(=O)Nc2ccccc2N1C(=O)COc1ccccc1. The zero-order valence-corrected chi connectivity index (χ0v) is 12.9. The predicted octanol–water partition coefficient (Wildman–Crippen LogP) is 2.83. The highest BCUT2D eigenvalue weighted by molar-refractivity contribution is 6.12. The van der Waals surface area contributed by atoms with Gasteiger partial charge in [0, 0.05) is 0 Å². The number of anilines is 2. The van der Waals surface area contributed by atoms with E-state index in [1.54, 1.807) is 18.2 Å². The third-order valence-electron chi connectivity index (χ3n) is 3.80. The summed E-state index contributed by atoms with van der Waals surface area (Å²) in [5.74, 6) is 0.228. The summed E-state index contributed by atoms with van der Waals surface area (Å²) in [5.41, 5.74) is 1.36. The first-order chi connectivity index (χ1) is 11.2.